The van der Waals surface area contributed by atoms with Crippen LogP contribution in [0.4, 0.5) is 5.69 Å². The monoisotopic (exact) mass is 697 g/mol. The molecule has 1 fully saturated rings. The molecule has 1 saturated heterocycles. The quantitative estimate of drug-likeness (QED) is 0.0801. The molecule has 5 aromatic rings. The number of pyridine rings is 1. The number of hydrogen-bond acceptors (Lipinski definition) is 10. The van der Waals surface area contributed by atoms with Gasteiger partial charge < -0.3 is 14.2 Å². The minimum absolute atomic E-state index is 0.104. The molecule has 1 aliphatic heterocycles. The van der Waals surface area contributed by atoms with Crippen LogP contribution in [-0.4, -0.2) is 54.6 Å². The second kappa shape index (κ2) is 15.1. The van der Waals surface area contributed by atoms with Gasteiger partial charge in [-0.05, 0) is 61.0 Å². The predicted octanol–water partition coefficient (Wildman–Crippen LogP) is 7.08. The Bertz CT molecular complexity index is 2180. The largest absolute Gasteiger partial charge is 0.493 e. The molecule has 0 saturated carbocycles. The number of Topliss-reactive ketones (excluding diaryl/α,β-unsaturated/α-hetero) is 1. The van der Waals surface area contributed by atoms with Gasteiger partial charge in [0, 0.05) is 23.1 Å². The number of carbonyl (C=O) groups is 4. The molecule has 1 unspecified atom stereocenters. The number of carbonyl (C=O) groups excluding carboxylic acids is 4. The highest BCUT2D eigenvalue weighted by Crippen LogP contribution is 2.39. The van der Waals surface area contributed by atoms with Gasteiger partial charge in [0.15, 0.2) is 23.9 Å². The molecule has 0 bridgehead atoms. The van der Waals surface area contributed by atoms with Crippen LogP contribution in [0.2, 0.25) is 0 Å². The molecule has 0 N–H and O–H groups in total. The van der Waals surface area contributed by atoms with E-state index < -0.39 is 35.4 Å². The van der Waals surface area contributed by atoms with Crippen molar-refractivity contribution >= 4 is 41.0 Å². The molecule has 51 heavy (non-hydrogen) atoms. The molecule has 0 aliphatic carbocycles. The zero-order chi connectivity index (χ0) is 36.1. The van der Waals surface area contributed by atoms with Crippen LogP contribution in [0.5, 0.6) is 11.5 Å². The van der Waals surface area contributed by atoms with Gasteiger partial charge in [-0.2, -0.15) is 5.26 Å². The second-order valence-electron chi connectivity index (χ2n) is 11.6. The number of esters is 1. The van der Waals surface area contributed by atoms with Crippen molar-refractivity contribution in [3.63, 3.8) is 0 Å². The van der Waals surface area contributed by atoms with Crippen molar-refractivity contribution < 1.29 is 33.4 Å². The van der Waals surface area contributed by atoms with Crippen LogP contribution in [0, 0.1) is 18.3 Å². The Morgan fingerprint density at radius 3 is 2.22 bits per heavy atom. The van der Waals surface area contributed by atoms with E-state index in [0.29, 0.717) is 33.3 Å². The van der Waals surface area contributed by atoms with Crippen molar-refractivity contribution in [1.82, 2.24) is 4.98 Å². The molecule has 1 aliphatic rings. The summed E-state index contributed by atoms with van der Waals surface area (Å²) in [7, 11) is 2.93. The van der Waals surface area contributed by atoms with Gasteiger partial charge in [0.2, 0.25) is 11.8 Å². The third-order valence-corrected chi connectivity index (χ3v) is 9.46. The average molecular weight is 698 g/mol. The number of ether oxygens (including phenoxy) is 3. The third-order valence-electron chi connectivity index (χ3n) is 8.29. The fraction of sp³-hybridized carbons (Fsp3) is 0.150. The maximum absolute atomic E-state index is 13.7. The number of rotatable bonds is 11. The highest BCUT2D eigenvalue weighted by molar-refractivity contribution is 8.00. The number of benzene rings is 4. The van der Waals surface area contributed by atoms with Crippen LogP contribution >= 0.6 is 11.8 Å². The molecule has 254 valence electrons. The fourth-order valence-electron chi connectivity index (χ4n) is 5.59. The van der Waals surface area contributed by atoms with Gasteiger partial charge in [-0.1, -0.05) is 71.9 Å². The summed E-state index contributed by atoms with van der Waals surface area (Å²) in [5, 5.41) is 9.82. The highest BCUT2D eigenvalue weighted by Gasteiger charge is 2.41. The Labute approximate surface area is 298 Å². The molecule has 1 atom stereocenters. The lowest BCUT2D eigenvalue weighted by Crippen LogP contribution is -2.31. The van der Waals surface area contributed by atoms with Crippen LogP contribution in [0.25, 0.3) is 22.4 Å². The first-order valence-electron chi connectivity index (χ1n) is 15.8. The molecule has 6 rings (SSSR count). The van der Waals surface area contributed by atoms with Crippen molar-refractivity contribution in [2.24, 2.45) is 0 Å². The summed E-state index contributed by atoms with van der Waals surface area (Å²) in [5.41, 5.74) is 5.06. The Morgan fingerprint density at radius 1 is 0.863 bits per heavy atom. The van der Waals surface area contributed by atoms with Gasteiger partial charge in [0.05, 0.1) is 42.0 Å². The van der Waals surface area contributed by atoms with E-state index in [9.17, 15) is 24.4 Å². The number of nitriles is 1. The summed E-state index contributed by atoms with van der Waals surface area (Å²) in [5.74, 6) is -1.25. The first kappa shape index (κ1) is 34.6. The zero-order valence-electron chi connectivity index (χ0n) is 27.9. The zero-order valence-corrected chi connectivity index (χ0v) is 28.7. The summed E-state index contributed by atoms with van der Waals surface area (Å²) in [4.78, 5) is 58.2. The maximum atomic E-state index is 13.7. The summed E-state index contributed by atoms with van der Waals surface area (Å²) >= 11 is 1.09. The number of anilines is 1. The van der Waals surface area contributed by atoms with Gasteiger partial charge in [-0.3, -0.25) is 14.4 Å². The average Bonchev–Trinajstić information content (AvgIpc) is 3.44. The van der Waals surface area contributed by atoms with Gasteiger partial charge in [0.25, 0.3) is 0 Å². The second-order valence-corrected chi connectivity index (χ2v) is 12.8. The van der Waals surface area contributed by atoms with Crippen molar-refractivity contribution in [3.8, 4) is 40.0 Å². The summed E-state index contributed by atoms with van der Waals surface area (Å²) in [6, 6.07) is 31.9. The molecule has 0 radical (unpaired) electrons. The third kappa shape index (κ3) is 7.37. The molecular weight excluding hydrogens is 667 g/mol. The molecular formula is C40H31N3O7S. The van der Waals surface area contributed by atoms with Crippen molar-refractivity contribution in [3.05, 3.63) is 125 Å². The number of imide groups is 1. The maximum Gasteiger partial charge on any atom is 0.338 e. The fourth-order valence-corrected chi connectivity index (χ4v) is 6.71. The van der Waals surface area contributed by atoms with E-state index in [2.05, 4.69) is 6.07 Å². The number of nitrogens with zero attached hydrogens (tertiary/aromatic N) is 3. The lowest BCUT2D eigenvalue weighted by molar-refractivity contribution is -0.121. The van der Waals surface area contributed by atoms with Crippen LogP contribution in [0.15, 0.2) is 108 Å². The van der Waals surface area contributed by atoms with E-state index in [0.717, 1.165) is 33.4 Å². The predicted molar refractivity (Wildman–Crippen MR) is 192 cm³/mol. The van der Waals surface area contributed by atoms with Crippen molar-refractivity contribution in [2.75, 3.05) is 25.7 Å². The summed E-state index contributed by atoms with van der Waals surface area (Å²) in [6.45, 7) is 1.48. The number of thioether (sulfide) groups is 1. The van der Waals surface area contributed by atoms with Crippen molar-refractivity contribution in [2.45, 2.75) is 23.6 Å². The molecule has 2 heterocycles. The van der Waals surface area contributed by atoms with Gasteiger partial charge in [-0.15, -0.1) is 0 Å². The standard InChI is InChI=1S/C40H31N3O7S/c1-24-9-11-25(12-10-24)30-20-32(26-7-5-4-6-8-26)42-38(31(30)22-41)51-36-21-37(45)43(39(36)46)29-16-13-27(14-17-29)40(47)50-23-33(44)28-15-18-34(48-2)35(19-28)49-3/h4-20,36H,21,23H2,1-3H3. The Kier molecular flexibility index (Phi) is 10.3. The Balaban J connectivity index is 1.18. The summed E-state index contributed by atoms with van der Waals surface area (Å²) in [6.07, 6.45) is -0.104. The molecule has 4 aromatic carbocycles. The number of amides is 2. The van der Waals surface area contributed by atoms with E-state index in [1.54, 1.807) is 12.1 Å². The van der Waals surface area contributed by atoms with Crippen LogP contribution in [0.1, 0.15) is 38.3 Å². The van der Waals surface area contributed by atoms with Crippen LogP contribution in [0.3, 0.4) is 0 Å². The molecule has 0 spiro atoms. The van der Waals surface area contributed by atoms with Crippen LogP contribution in [-0.2, 0) is 14.3 Å². The number of ketones is 1. The first-order chi connectivity index (χ1) is 24.7. The minimum Gasteiger partial charge on any atom is -0.493 e. The summed E-state index contributed by atoms with van der Waals surface area (Å²) < 4.78 is 15.6. The van der Waals surface area contributed by atoms with Gasteiger partial charge in [-0.25, -0.2) is 14.7 Å². The van der Waals surface area contributed by atoms with E-state index in [1.165, 1.54) is 44.6 Å². The Hall–Kier alpha value is -6.25. The van der Waals surface area contributed by atoms with E-state index >= 15 is 0 Å². The highest BCUT2D eigenvalue weighted by atomic mass is 32.2. The van der Waals surface area contributed by atoms with Crippen molar-refractivity contribution in [1.29, 1.82) is 5.26 Å². The van der Waals surface area contributed by atoms with E-state index in [1.807, 2.05) is 67.6 Å². The SMILES string of the molecule is COc1ccc(C(=O)COC(=O)c2ccc(N3C(=O)CC(Sc4nc(-c5ccccc5)cc(-c5ccc(C)cc5)c4C#N)C3=O)cc2)cc1OC. The lowest BCUT2D eigenvalue weighted by atomic mass is 9.98. The molecule has 10 nitrogen and oxygen atoms in total. The number of hydrogen-bond donors (Lipinski definition) is 0. The van der Waals surface area contributed by atoms with E-state index in [4.69, 9.17) is 19.2 Å². The topological polar surface area (TPSA) is 136 Å². The first-order valence-corrected chi connectivity index (χ1v) is 16.7. The van der Waals surface area contributed by atoms with Gasteiger partial charge in [0.1, 0.15) is 11.1 Å². The number of aromatic nitrogens is 1. The number of aryl methyl sites for hydroxylation is 1. The number of methoxy groups -OCH3 is 2. The van der Waals surface area contributed by atoms with Crippen LogP contribution < -0.4 is 14.4 Å². The normalized spacial score (nSPS) is 13.8. The molecule has 11 heteroatoms. The Morgan fingerprint density at radius 2 is 1.55 bits per heavy atom. The molecule has 2 amide bonds. The van der Waals surface area contributed by atoms with E-state index in [-0.39, 0.29) is 23.2 Å². The van der Waals surface area contributed by atoms with Gasteiger partial charge >= 0.3 is 5.97 Å². The molecule has 1 aromatic heterocycles. The lowest BCUT2D eigenvalue weighted by Gasteiger charge is -2.16. The minimum atomic E-state index is -0.832. The smallest absolute Gasteiger partial charge is 0.338 e.